The molecule has 0 bridgehead atoms. The quantitative estimate of drug-likeness (QED) is 0.345. The van der Waals surface area contributed by atoms with E-state index in [0.717, 1.165) is 49.0 Å². The zero-order chi connectivity index (χ0) is 17.5. The first-order valence-corrected chi connectivity index (χ1v) is 8.81. The van der Waals surface area contributed by atoms with Crippen LogP contribution in [0.15, 0.2) is 47.8 Å². The lowest BCUT2D eigenvalue weighted by atomic mass is 10.1. The number of rotatable bonds is 7. The number of halogens is 1. The van der Waals surface area contributed by atoms with Crippen molar-refractivity contribution < 1.29 is 0 Å². The highest BCUT2D eigenvalue weighted by Gasteiger charge is 2.05. The summed E-state index contributed by atoms with van der Waals surface area (Å²) in [5.41, 5.74) is 2.36. The van der Waals surface area contributed by atoms with Gasteiger partial charge in [-0.15, -0.1) is 0 Å². The second-order valence-corrected chi connectivity index (χ2v) is 6.24. The predicted molar refractivity (Wildman–Crippen MR) is 103 cm³/mol. The minimum atomic E-state index is 0.760. The van der Waals surface area contributed by atoms with Gasteiger partial charge in [-0.2, -0.15) is 5.10 Å². The molecule has 25 heavy (non-hydrogen) atoms. The molecule has 0 aliphatic carbocycles. The van der Waals surface area contributed by atoms with E-state index in [0.29, 0.717) is 0 Å². The molecule has 0 fully saturated rings. The van der Waals surface area contributed by atoms with Gasteiger partial charge in [-0.3, -0.25) is 9.67 Å². The second-order valence-electron chi connectivity index (χ2n) is 5.80. The third-order valence-corrected chi connectivity index (χ3v) is 4.29. The van der Waals surface area contributed by atoms with Crippen molar-refractivity contribution in [2.75, 3.05) is 20.1 Å². The number of guanidine groups is 1. The molecule has 0 amide bonds. The van der Waals surface area contributed by atoms with E-state index in [2.05, 4.69) is 25.7 Å². The van der Waals surface area contributed by atoms with Crippen molar-refractivity contribution in [1.29, 1.82) is 0 Å². The van der Waals surface area contributed by atoms with E-state index in [1.54, 1.807) is 13.2 Å². The summed E-state index contributed by atoms with van der Waals surface area (Å²) in [5.74, 6) is 0.818. The van der Waals surface area contributed by atoms with Crippen molar-refractivity contribution in [2.45, 2.75) is 19.4 Å². The number of hydrogen-bond donors (Lipinski definition) is 3. The standard InChI is InChI=1S/C18H23ClN6/c1-20-18(21-7-2-10-25-11-3-8-24-25)22-9-6-14-13-23-17-5-4-15(19)12-16(14)17/h3-5,8,11-13,23H,2,6-7,9-10H2,1H3,(H2,20,21,22). The van der Waals surface area contributed by atoms with Gasteiger partial charge in [0.1, 0.15) is 0 Å². The van der Waals surface area contributed by atoms with Gasteiger partial charge in [-0.25, -0.2) is 0 Å². The maximum atomic E-state index is 6.10. The molecule has 0 atom stereocenters. The Labute approximate surface area is 152 Å². The van der Waals surface area contributed by atoms with Gasteiger partial charge in [0.2, 0.25) is 0 Å². The minimum Gasteiger partial charge on any atom is -0.361 e. The number of nitrogens with zero attached hydrogens (tertiary/aromatic N) is 3. The molecule has 7 heteroatoms. The molecule has 3 aromatic rings. The third kappa shape index (κ3) is 4.76. The lowest BCUT2D eigenvalue weighted by molar-refractivity contribution is 0.570. The molecule has 0 aliphatic rings. The van der Waals surface area contributed by atoms with E-state index in [1.165, 1.54) is 10.9 Å². The number of aliphatic imine (C=N–C) groups is 1. The lowest BCUT2D eigenvalue weighted by Gasteiger charge is -2.11. The summed E-state index contributed by atoms with van der Waals surface area (Å²) in [7, 11) is 1.79. The number of aryl methyl sites for hydroxylation is 1. The SMILES string of the molecule is CN=C(NCCCn1cccn1)NCCc1c[nH]c2ccc(Cl)cc12. The molecule has 1 aromatic carbocycles. The number of aromatic amines is 1. The zero-order valence-corrected chi connectivity index (χ0v) is 15.1. The van der Waals surface area contributed by atoms with E-state index in [4.69, 9.17) is 11.6 Å². The summed E-state index contributed by atoms with van der Waals surface area (Å²) in [6.07, 6.45) is 7.70. The molecule has 0 saturated heterocycles. The first-order valence-electron chi connectivity index (χ1n) is 8.44. The molecule has 3 rings (SSSR count). The molecule has 132 valence electrons. The van der Waals surface area contributed by atoms with Gasteiger partial charge in [-0.1, -0.05) is 11.6 Å². The van der Waals surface area contributed by atoms with E-state index in [9.17, 15) is 0 Å². The highest BCUT2D eigenvalue weighted by atomic mass is 35.5. The van der Waals surface area contributed by atoms with Crippen LogP contribution in [0.4, 0.5) is 0 Å². The van der Waals surface area contributed by atoms with Crippen molar-refractivity contribution in [2.24, 2.45) is 4.99 Å². The summed E-state index contributed by atoms with van der Waals surface area (Å²) in [6, 6.07) is 7.85. The van der Waals surface area contributed by atoms with Gasteiger partial charge in [-0.05, 0) is 42.7 Å². The Hall–Kier alpha value is -2.47. The maximum Gasteiger partial charge on any atom is 0.190 e. The largest absolute Gasteiger partial charge is 0.361 e. The fraction of sp³-hybridized carbons (Fsp3) is 0.333. The minimum absolute atomic E-state index is 0.760. The maximum absolute atomic E-state index is 6.10. The van der Waals surface area contributed by atoms with Crippen molar-refractivity contribution >= 4 is 28.5 Å². The number of H-pyrrole nitrogens is 1. The Morgan fingerprint density at radius 3 is 3.00 bits per heavy atom. The van der Waals surface area contributed by atoms with E-state index in [1.807, 2.05) is 41.3 Å². The fourth-order valence-corrected chi connectivity index (χ4v) is 2.95. The molecule has 0 saturated carbocycles. The van der Waals surface area contributed by atoms with Crippen LogP contribution in [0.1, 0.15) is 12.0 Å². The van der Waals surface area contributed by atoms with Gasteiger partial charge in [0.15, 0.2) is 5.96 Å². The number of aromatic nitrogens is 3. The smallest absolute Gasteiger partial charge is 0.190 e. The molecule has 2 aromatic heterocycles. The average molecular weight is 359 g/mol. The lowest BCUT2D eigenvalue weighted by Crippen LogP contribution is -2.39. The van der Waals surface area contributed by atoms with E-state index < -0.39 is 0 Å². The molecular formula is C18H23ClN6. The molecule has 6 nitrogen and oxygen atoms in total. The van der Waals surface area contributed by atoms with Crippen LogP contribution >= 0.6 is 11.6 Å². The van der Waals surface area contributed by atoms with Crippen molar-refractivity contribution in [3.05, 3.63) is 53.4 Å². The van der Waals surface area contributed by atoms with Crippen LogP contribution in [0.3, 0.4) is 0 Å². The number of nitrogens with one attached hydrogen (secondary N) is 3. The van der Waals surface area contributed by atoms with E-state index in [-0.39, 0.29) is 0 Å². The Bertz CT molecular complexity index is 821. The van der Waals surface area contributed by atoms with Gasteiger partial charge >= 0.3 is 0 Å². The highest BCUT2D eigenvalue weighted by molar-refractivity contribution is 6.31. The Kier molecular flexibility index (Phi) is 5.95. The van der Waals surface area contributed by atoms with Crippen molar-refractivity contribution in [3.63, 3.8) is 0 Å². The first-order chi connectivity index (χ1) is 12.3. The molecule has 0 unspecified atom stereocenters. The van der Waals surface area contributed by atoms with Crippen LogP contribution in [0, 0.1) is 0 Å². The first kappa shape index (κ1) is 17.4. The molecular weight excluding hydrogens is 336 g/mol. The van der Waals surface area contributed by atoms with Gasteiger partial charge in [0.05, 0.1) is 0 Å². The fourth-order valence-electron chi connectivity index (χ4n) is 2.77. The highest BCUT2D eigenvalue weighted by Crippen LogP contribution is 2.22. The third-order valence-electron chi connectivity index (χ3n) is 4.06. The monoisotopic (exact) mass is 358 g/mol. The number of hydrogen-bond acceptors (Lipinski definition) is 2. The van der Waals surface area contributed by atoms with Crippen molar-refractivity contribution in [3.8, 4) is 0 Å². The summed E-state index contributed by atoms with van der Waals surface area (Å²) >= 11 is 6.10. The molecule has 3 N–H and O–H groups in total. The van der Waals surface area contributed by atoms with E-state index >= 15 is 0 Å². The van der Waals surface area contributed by atoms with Gasteiger partial charge in [0.25, 0.3) is 0 Å². The van der Waals surface area contributed by atoms with Gasteiger partial charge < -0.3 is 15.6 Å². The van der Waals surface area contributed by atoms with Crippen LogP contribution in [0.2, 0.25) is 5.02 Å². The molecule has 2 heterocycles. The van der Waals surface area contributed by atoms with Crippen LogP contribution in [0.5, 0.6) is 0 Å². The van der Waals surface area contributed by atoms with Gasteiger partial charge in [0, 0.05) is 61.2 Å². The molecule has 0 radical (unpaired) electrons. The normalized spacial score (nSPS) is 11.8. The zero-order valence-electron chi connectivity index (χ0n) is 14.3. The van der Waals surface area contributed by atoms with Crippen LogP contribution in [0.25, 0.3) is 10.9 Å². The number of benzene rings is 1. The Morgan fingerprint density at radius 2 is 2.20 bits per heavy atom. The van der Waals surface area contributed by atoms with Crippen LogP contribution in [-0.4, -0.2) is 40.9 Å². The van der Waals surface area contributed by atoms with Crippen LogP contribution < -0.4 is 10.6 Å². The molecule has 0 spiro atoms. The average Bonchev–Trinajstić information content (AvgIpc) is 3.27. The predicted octanol–water partition coefficient (Wildman–Crippen LogP) is 2.82. The Balaban J connectivity index is 1.42. The van der Waals surface area contributed by atoms with Crippen LogP contribution in [-0.2, 0) is 13.0 Å². The number of fused-ring (bicyclic) bond motifs is 1. The van der Waals surface area contributed by atoms with Crippen molar-refractivity contribution in [1.82, 2.24) is 25.4 Å². The summed E-state index contributed by atoms with van der Waals surface area (Å²) in [6.45, 7) is 2.55. The summed E-state index contributed by atoms with van der Waals surface area (Å²) < 4.78 is 1.93. The second kappa shape index (κ2) is 8.58. The summed E-state index contributed by atoms with van der Waals surface area (Å²) in [4.78, 5) is 7.54. The Morgan fingerprint density at radius 1 is 1.32 bits per heavy atom. The molecule has 0 aliphatic heterocycles. The summed E-state index contributed by atoms with van der Waals surface area (Å²) in [5, 5.41) is 12.8. The topological polar surface area (TPSA) is 70.0 Å².